The van der Waals surface area contributed by atoms with Crippen LogP contribution in [-0.2, 0) is 0 Å². The molecule has 0 bridgehead atoms. The van der Waals surface area contributed by atoms with E-state index >= 15 is 0 Å². The quantitative estimate of drug-likeness (QED) is 0.324. The Morgan fingerprint density at radius 3 is 1.75 bits per heavy atom. The lowest BCUT2D eigenvalue weighted by Gasteiger charge is -1.83. The molecule has 0 aliphatic carbocycles. The molecule has 0 aromatic heterocycles. The van der Waals surface area contributed by atoms with Crippen LogP contribution >= 0.6 is 0 Å². The van der Waals surface area contributed by atoms with Crippen molar-refractivity contribution in [1.82, 2.24) is 0 Å². The van der Waals surface area contributed by atoms with Gasteiger partial charge in [-0.05, 0) is 4.56 Å². The van der Waals surface area contributed by atoms with Crippen LogP contribution in [0.15, 0.2) is 10.1 Å². The normalized spacial score (nSPS) is 6.25. The topological polar surface area (TPSA) is 73.6 Å². The molecule has 0 radical (unpaired) electrons. The largest absolute Gasteiger partial charge is 0.415 e. The Bertz CT molecular complexity index is 172. The molecule has 0 aromatic rings. The third-order valence-electron chi connectivity index (χ3n) is 0.618. The van der Waals surface area contributed by atoms with Crippen LogP contribution in [0.5, 0.6) is 0 Å². The van der Waals surface area contributed by atoms with Gasteiger partial charge in [-0.25, -0.2) is 0 Å². The number of nitrogens with two attached hydrogens (primary N) is 1. The van der Waals surface area contributed by atoms with Gasteiger partial charge in [-0.15, -0.1) is 0 Å². The Balaban J connectivity index is 4.47. The van der Waals surface area contributed by atoms with E-state index < -0.39 is 0 Å². The highest BCUT2D eigenvalue weighted by molar-refractivity contribution is 6.22. The Morgan fingerprint density at radius 2 is 1.75 bits per heavy atom. The fraction of sp³-hybridized carbons (Fsp3) is 0. The minimum atomic E-state index is 0.0525. The summed E-state index contributed by atoms with van der Waals surface area (Å²) in [5.74, 6) is 0. The molecule has 8 heavy (non-hydrogen) atoms. The molecule has 0 saturated carbocycles. The van der Waals surface area contributed by atoms with Crippen LogP contribution in [0, 0.1) is 22.7 Å². The second kappa shape index (κ2) is 3.11. The van der Waals surface area contributed by atoms with E-state index in [-0.39, 0.29) is 5.57 Å². The Kier molecular flexibility index (Phi) is 2.74. The number of nitrogens with zero attached hydrogens (tertiary/aromatic N) is 2. The Morgan fingerprint density at radius 1 is 1.38 bits per heavy atom. The molecule has 0 aliphatic heterocycles. The molecular weight excluding hydrogens is 117 g/mol. The van der Waals surface area contributed by atoms with Crippen molar-refractivity contribution in [2.24, 2.45) is 5.73 Å². The molecule has 0 aromatic carbocycles. The second-order valence-corrected chi connectivity index (χ2v) is 2.36. The highest BCUT2D eigenvalue weighted by Gasteiger charge is 1.91. The first-order valence-corrected chi connectivity index (χ1v) is 2.99. The van der Waals surface area contributed by atoms with Crippen LogP contribution in [0.2, 0.25) is 0 Å². The molecule has 0 heterocycles. The summed E-state index contributed by atoms with van der Waals surface area (Å²) in [5.41, 5.74) is 5.21. The number of hydrogen-bond acceptors (Lipinski definition) is 3. The van der Waals surface area contributed by atoms with E-state index in [0.717, 1.165) is 0 Å². The maximum Gasteiger partial charge on any atom is 0.288 e. The zero-order chi connectivity index (χ0) is 6.57. The van der Waals surface area contributed by atoms with Crippen LogP contribution in [0.3, 0.4) is 0 Å². The van der Waals surface area contributed by atoms with Crippen LogP contribution in [0.4, 0.5) is 0 Å². The summed E-state index contributed by atoms with van der Waals surface area (Å²) in [6.07, 6.45) is 0. The first-order chi connectivity index (χ1) is 3.72. The van der Waals surface area contributed by atoms with Crippen molar-refractivity contribution in [3.8, 4) is 12.1 Å². The number of hydrogen-bond donors (Lipinski definition) is 1. The van der Waals surface area contributed by atoms with Crippen molar-refractivity contribution < 1.29 is 0 Å². The molecule has 0 spiro atoms. The van der Waals surface area contributed by atoms with Crippen LogP contribution < -0.4 is 5.73 Å². The highest BCUT2D eigenvalue weighted by atomic mass is 27.0. The molecule has 4 heteroatoms. The number of rotatable bonds is 0. The van der Waals surface area contributed by atoms with Crippen LogP contribution in [0.1, 0.15) is 0 Å². The van der Waals surface area contributed by atoms with Crippen molar-refractivity contribution in [1.29, 1.82) is 10.5 Å². The average Bonchev–Trinajstić information content (AvgIpc) is 1.69. The van der Waals surface area contributed by atoms with Crippen molar-refractivity contribution >= 4 is 16.3 Å². The van der Waals surface area contributed by atoms with Crippen molar-refractivity contribution in [3.63, 3.8) is 0 Å². The third kappa shape index (κ3) is 1.67. The third-order valence-corrected chi connectivity index (χ3v) is 1.12. The predicted molar refractivity (Wildman–Crippen MR) is 31.0 cm³/mol. The van der Waals surface area contributed by atoms with Crippen molar-refractivity contribution in [3.05, 3.63) is 10.1 Å². The molecule has 0 fully saturated rings. The van der Waals surface area contributed by atoms with Crippen LogP contribution in [0.25, 0.3) is 0 Å². The van der Waals surface area contributed by atoms with Gasteiger partial charge in [0.05, 0.1) is 0 Å². The Labute approximate surface area is 55.4 Å². The molecule has 0 unspecified atom stereocenters. The SMILES string of the molecule is N#CC(C#N)=[C](N)[AlH2]. The summed E-state index contributed by atoms with van der Waals surface area (Å²) >= 11 is 0.584. The maximum absolute atomic E-state index is 8.11. The van der Waals surface area contributed by atoms with Crippen molar-refractivity contribution in [2.75, 3.05) is 0 Å². The summed E-state index contributed by atoms with van der Waals surface area (Å²) in [7, 11) is 0. The van der Waals surface area contributed by atoms with Gasteiger partial charge in [-0.3, -0.25) is 0 Å². The van der Waals surface area contributed by atoms with Gasteiger partial charge in [0.1, 0.15) is 17.7 Å². The van der Waals surface area contributed by atoms with E-state index in [4.69, 9.17) is 16.3 Å². The lowest BCUT2D eigenvalue weighted by molar-refractivity contribution is 1.41. The molecule has 38 valence electrons. The lowest BCUT2D eigenvalue weighted by atomic mass is 10.4. The summed E-state index contributed by atoms with van der Waals surface area (Å²) in [6, 6.07) is 3.36. The zero-order valence-electron chi connectivity index (χ0n) is 4.47. The van der Waals surface area contributed by atoms with E-state index in [9.17, 15) is 0 Å². The van der Waals surface area contributed by atoms with Crippen LogP contribution in [-0.4, -0.2) is 16.3 Å². The fourth-order valence-electron chi connectivity index (χ4n) is 0.201. The lowest BCUT2D eigenvalue weighted by Crippen LogP contribution is -1.98. The molecule has 0 aliphatic rings. The number of allylic oxidation sites excluding steroid dienone is 1. The van der Waals surface area contributed by atoms with Gasteiger partial charge < -0.3 is 5.73 Å². The van der Waals surface area contributed by atoms with E-state index in [1.54, 1.807) is 12.1 Å². The molecule has 3 nitrogen and oxygen atoms in total. The monoisotopic (exact) mass is 121 g/mol. The summed E-state index contributed by atoms with van der Waals surface area (Å²) in [6.45, 7) is 0. The first-order valence-electron chi connectivity index (χ1n) is 1.99. The maximum atomic E-state index is 8.11. The number of nitriles is 2. The van der Waals surface area contributed by atoms with Gasteiger partial charge in [0, 0.05) is 0 Å². The summed E-state index contributed by atoms with van der Waals surface area (Å²) in [5, 5.41) is 16.2. The smallest absolute Gasteiger partial charge is 0.288 e. The molecule has 0 amide bonds. The van der Waals surface area contributed by atoms with Gasteiger partial charge in [-0.1, -0.05) is 0 Å². The molecule has 0 atom stereocenters. The minimum Gasteiger partial charge on any atom is -0.415 e. The molecule has 0 saturated heterocycles. The van der Waals surface area contributed by atoms with Crippen molar-refractivity contribution in [2.45, 2.75) is 0 Å². The minimum absolute atomic E-state index is 0.0525. The highest BCUT2D eigenvalue weighted by Crippen LogP contribution is 1.88. The Hall–Kier alpha value is -0.948. The zero-order valence-corrected chi connectivity index (χ0v) is 6.47. The molecular formula is C4H4AlN3. The standard InChI is InChI=1S/C4H2N3.Al.2H/c5-1-4(2-6)3-7;;;/h5H2;;;. The van der Waals surface area contributed by atoms with E-state index in [1.807, 2.05) is 0 Å². The van der Waals surface area contributed by atoms with E-state index in [1.165, 1.54) is 0 Å². The van der Waals surface area contributed by atoms with Gasteiger partial charge in [0.15, 0.2) is 0 Å². The molecule has 0 rings (SSSR count). The van der Waals surface area contributed by atoms with E-state index in [0.29, 0.717) is 20.8 Å². The summed E-state index contributed by atoms with van der Waals surface area (Å²) < 4.78 is 0.412. The average molecular weight is 121 g/mol. The fourth-order valence-corrected chi connectivity index (χ4v) is 0.425. The van der Waals surface area contributed by atoms with Gasteiger partial charge >= 0.3 is 0 Å². The predicted octanol–water partition coefficient (Wildman–Crippen LogP) is -1.16. The summed E-state index contributed by atoms with van der Waals surface area (Å²) in [4.78, 5) is 0. The second-order valence-electron chi connectivity index (χ2n) is 1.28. The molecule has 2 N–H and O–H groups in total. The van der Waals surface area contributed by atoms with E-state index in [2.05, 4.69) is 0 Å². The van der Waals surface area contributed by atoms with Gasteiger partial charge in [0.2, 0.25) is 0 Å². The first kappa shape index (κ1) is 7.05. The van der Waals surface area contributed by atoms with Gasteiger partial charge in [-0.2, -0.15) is 10.5 Å². The van der Waals surface area contributed by atoms with Gasteiger partial charge in [0.25, 0.3) is 16.3 Å².